The minimum Gasteiger partial charge on any atom is -0.309 e. The summed E-state index contributed by atoms with van der Waals surface area (Å²) < 4.78 is 1.74. The molecule has 0 aromatic carbocycles. The Morgan fingerprint density at radius 3 is 2.76 bits per heavy atom. The molecule has 0 aliphatic carbocycles. The van der Waals surface area contributed by atoms with Crippen LogP contribution in [0.4, 0.5) is 0 Å². The summed E-state index contributed by atoms with van der Waals surface area (Å²) in [5, 5.41) is 11.4. The molecule has 0 aliphatic heterocycles. The SMILES string of the molecule is CC(C)NCc1cn(Cc2ncccn2)nn1. The third-order valence-corrected chi connectivity index (χ3v) is 2.20. The highest BCUT2D eigenvalue weighted by Gasteiger charge is 2.03. The van der Waals surface area contributed by atoms with Crippen LogP contribution in [0.1, 0.15) is 25.4 Å². The molecule has 0 bridgehead atoms. The standard InChI is InChI=1S/C11H16N6/c1-9(2)14-6-10-7-17(16-15-10)8-11-12-4-3-5-13-11/h3-5,7,9,14H,6,8H2,1-2H3. The van der Waals surface area contributed by atoms with E-state index in [1.165, 1.54) is 0 Å². The van der Waals surface area contributed by atoms with Crippen LogP contribution in [0, 0.1) is 0 Å². The Kier molecular flexibility index (Phi) is 3.77. The number of hydrogen-bond donors (Lipinski definition) is 1. The topological polar surface area (TPSA) is 68.5 Å². The number of rotatable bonds is 5. The van der Waals surface area contributed by atoms with Crippen LogP contribution >= 0.6 is 0 Å². The van der Waals surface area contributed by atoms with E-state index in [-0.39, 0.29) is 0 Å². The average molecular weight is 232 g/mol. The first kappa shape index (κ1) is 11.7. The van der Waals surface area contributed by atoms with E-state index in [0.29, 0.717) is 12.6 Å². The highest BCUT2D eigenvalue weighted by molar-refractivity contribution is 4.95. The molecular weight excluding hydrogens is 216 g/mol. The van der Waals surface area contributed by atoms with Crippen LogP contribution in [0.5, 0.6) is 0 Å². The second kappa shape index (κ2) is 5.49. The molecule has 90 valence electrons. The number of nitrogens with one attached hydrogen (secondary N) is 1. The van der Waals surface area contributed by atoms with Gasteiger partial charge in [-0.1, -0.05) is 19.1 Å². The average Bonchev–Trinajstić information content (AvgIpc) is 2.75. The maximum atomic E-state index is 4.14. The molecule has 0 amide bonds. The fourth-order valence-corrected chi connectivity index (χ4v) is 1.36. The lowest BCUT2D eigenvalue weighted by Crippen LogP contribution is -2.21. The number of nitrogens with zero attached hydrogens (tertiary/aromatic N) is 5. The van der Waals surface area contributed by atoms with E-state index in [4.69, 9.17) is 0 Å². The van der Waals surface area contributed by atoms with Crippen molar-refractivity contribution in [1.29, 1.82) is 0 Å². The summed E-state index contributed by atoms with van der Waals surface area (Å²) in [4.78, 5) is 8.28. The van der Waals surface area contributed by atoms with Crippen molar-refractivity contribution >= 4 is 0 Å². The second-order valence-corrected chi connectivity index (χ2v) is 4.11. The molecule has 2 aromatic heterocycles. The van der Waals surface area contributed by atoms with Crippen molar-refractivity contribution in [3.63, 3.8) is 0 Å². The van der Waals surface area contributed by atoms with Crippen LogP contribution in [0.25, 0.3) is 0 Å². The van der Waals surface area contributed by atoms with Crippen LogP contribution < -0.4 is 5.32 Å². The lowest BCUT2D eigenvalue weighted by atomic mass is 10.3. The van der Waals surface area contributed by atoms with Crippen molar-refractivity contribution in [3.05, 3.63) is 36.2 Å². The van der Waals surface area contributed by atoms with Gasteiger partial charge in [0.25, 0.3) is 0 Å². The van der Waals surface area contributed by atoms with Crippen LogP contribution in [0.2, 0.25) is 0 Å². The Balaban J connectivity index is 1.94. The van der Waals surface area contributed by atoms with Gasteiger partial charge in [0.1, 0.15) is 12.4 Å². The smallest absolute Gasteiger partial charge is 0.149 e. The normalized spacial score (nSPS) is 11.0. The first-order valence-corrected chi connectivity index (χ1v) is 5.62. The van der Waals surface area contributed by atoms with Gasteiger partial charge in [-0.05, 0) is 6.07 Å². The summed E-state index contributed by atoms with van der Waals surface area (Å²) in [5.41, 5.74) is 0.926. The molecule has 2 rings (SSSR count). The van der Waals surface area contributed by atoms with Crippen molar-refractivity contribution in [2.75, 3.05) is 0 Å². The molecule has 0 spiro atoms. The molecule has 0 saturated carbocycles. The lowest BCUT2D eigenvalue weighted by molar-refractivity contribution is 0.580. The van der Waals surface area contributed by atoms with E-state index in [1.54, 1.807) is 23.1 Å². The van der Waals surface area contributed by atoms with Gasteiger partial charge in [0.05, 0.1) is 11.9 Å². The predicted octanol–water partition coefficient (Wildman–Crippen LogP) is 0.614. The van der Waals surface area contributed by atoms with Gasteiger partial charge in [-0.25, -0.2) is 14.6 Å². The summed E-state index contributed by atoms with van der Waals surface area (Å²) in [5.74, 6) is 0.737. The monoisotopic (exact) mass is 232 g/mol. The Labute approximate surface area is 100 Å². The third-order valence-electron chi connectivity index (χ3n) is 2.20. The summed E-state index contributed by atoms with van der Waals surface area (Å²) >= 11 is 0. The van der Waals surface area contributed by atoms with E-state index in [2.05, 4.69) is 39.4 Å². The highest BCUT2D eigenvalue weighted by atomic mass is 15.4. The molecule has 0 saturated heterocycles. The van der Waals surface area contributed by atoms with Crippen molar-refractivity contribution in [2.45, 2.75) is 33.0 Å². The summed E-state index contributed by atoms with van der Waals surface area (Å²) in [6.07, 6.45) is 5.35. The Morgan fingerprint density at radius 1 is 1.29 bits per heavy atom. The minimum atomic E-state index is 0.442. The quantitative estimate of drug-likeness (QED) is 0.818. The number of aromatic nitrogens is 5. The van der Waals surface area contributed by atoms with Crippen molar-refractivity contribution in [1.82, 2.24) is 30.3 Å². The van der Waals surface area contributed by atoms with E-state index >= 15 is 0 Å². The molecule has 0 atom stereocenters. The van der Waals surface area contributed by atoms with Gasteiger partial charge in [-0.15, -0.1) is 5.10 Å². The van der Waals surface area contributed by atoms with Gasteiger partial charge in [-0.2, -0.15) is 0 Å². The van der Waals surface area contributed by atoms with Gasteiger partial charge in [-0.3, -0.25) is 0 Å². The number of hydrogen-bond acceptors (Lipinski definition) is 5. The van der Waals surface area contributed by atoms with Crippen molar-refractivity contribution < 1.29 is 0 Å². The fourth-order valence-electron chi connectivity index (χ4n) is 1.36. The zero-order valence-electron chi connectivity index (χ0n) is 10.0. The van der Waals surface area contributed by atoms with Crippen LogP contribution in [0.3, 0.4) is 0 Å². The van der Waals surface area contributed by atoms with Crippen LogP contribution in [-0.2, 0) is 13.1 Å². The summed E-state index contributed by atoms with van der Waals surface area (Å²) in [7, 11) is 0. The largest absolute Gasteiger partial charge is 0.309 e. The molecule has 0 radical (unpaired) electrons. The molecule has 0 unspecified atom stereocenters. The zero-order valence-corrected chi connectivity index (χ0v) is 10.0. The van der Waals surface area contributed by atoms with Gasteiger partial charge in [0.2, 0.25) is 0 Å². The summed E-state index contributed by atoms with van der Waals surface area (Å²) in [6.45, 7) is 5.48. The first-order valence-electron chi connectivity index (χ1n) is 5.62. The van der Waals surface area contributed by atoms with Gasteiger partial charge >= 0.3 is 0 Å². The summed E-state index contributed by atoms with van der Waals surface area (Å²) in [6, 6.07) is 2.24. The fraction of sp³-hybridized carbons (Fsp3) is 0.455. The zero-order chi connectivity index (χ0) is 12.1. The molecule has 17 heavy (non-hydrogen) atoms. The Bertz CT molecular complexity index is 450. The molecule has 0 fully saturated rings. The van der Waals surface area contributed by atoms with Gasteiger partial charge < -0.3 is 5.32 Å². The molecule has 6 nitrogen and oxygen atoms in total. The molecular formula is C11H16N6. The van der Waals surface area contributed by atoms with Gasteiger partial charge in [0, 0.05) is 25.0 Å². The molecule has 0 aliphatic rings. The third kappa shape index (κ3) is 3.60. The van der Waals surface area contributed by atoms with Crippen LogP contribution in [-0.4, -0.2) is 31.0 Å². The molecule has 2 aromatic rings. The molecule has 1 N–H and O–H groups in total. The van der Waals surface area contributed by atoms with Crippen molar-refractivity contribution in [3.8, 4) is 0 Å². The highest BCUT2D eigenvalue weighted by Crippen LogP contribution is 1.97. The van der Waals surface area contributed by atoms with E-state index in [1.807, 2.05) is 6.20 Å². The maximum Gasteiger partial charge on any atom is 0.149 e. The second-order valence-electron chi connectivity index (χ2n) is 4.11. The maximum absolute atomic E-state index is 4.14. The Hall–Kier alpha value is -1.82. The lowest BCUT2D eigenvalue weighted by Gasteiger charge is -2.04. The van der Waals surface area contributed by atoms with Gasteiger partial charge in [0.15, 0.2) is 0 Å². The predicted molar refractivity (Wildman–Crippen MR) is 63.1 cm³/mol. The van der Waals surface area contributed by atoms with Crippen LogP contribution in [0.15, 0.2) is 24.7 Å². The minimum absolute atomic E-state index is 0.442. The van der Waals surface area contributed by atoms with E-state index < -0.39 is 0 Å². The molecule has 2 heterocycles. The Morgan fingerprint density at radius 2 is 2.06 bits per heavy atom. The van der Waals surface area contributed by atoms with E-state index in [0.717, 1.165) is 18.1 Å². The van der Waals surface area contributed by atoms with Crippen molar-refractivity contribution in [2.24, 2.45) is 0 Å². The first-order chi connectivity index (χ1) is 8.24. The van der Waals surface area contributed by atoms with E-state index in [9.17, 15) is 0 Å². The molecule has 6 heteroatoms.